The van der Waals surface area contributed by atoms with E-state index >= 15 is 0 Å². The minimum absolute atomic E-state index is 0.0555. The number of ether oxygens (including phenoxy) is 1. The van der Waals surface area contributed by atoms with Crippen molar-refractivity contribution in [1.82, 2.24) is 0 Å². The fourth-order valence-corrected chi connectivity index (χ4v) is 3.24. The molecule has 0 amide bonds. The fourth-order valence-electron chi connectivity index (χ4n) is 3.24. The first-order chi connectivity index (χ1) is 8.77. The second-order valence-corrected chi connectivity index (χ2v) is 5.84. The average Bonchev–Trinajstić information content (AvgIpc) is 2.92. The van der Waals surface area contributed by atoms with Gasteiger partial charge in [-0.3, -0.25) is 4.79 Å². The molecule has 0 aromatic carbocycles. The Bertz CT molecular complexity index is 252. The number of aliphatic hydroxyl groups is 1. The molecule has 104 valence electrons. The van der Waals surface area contributed by atoms with Gasteiger partial charge in [0.25, 0.3) is 0 Å². The summed E-state index contributed by atoms with van der Waals surface area (Å²) in [6.45, 7) is 0.878. The van der Waals surface area contributed by atoms with E-state index < -0.39 is 6.10 Å². The van der Waals surface area contributed by atoms with Crippen LogP contribution in [-0.4, -0.2) is 29.7 Å². The summed E-state index contributed by atoms with van der Waals surface area (Å²) in [5.74, 6) is 0.286. The Morgan fingerprint density at radius 2 is 1.94 bits per heavy atom. The van der Waals surface area contributed by atoms with Gasteiger partial charge in [0, 0.05) is 13.0 Å². The van der Waals surface area contributed by atoms with Crippen LogP contribution in [0.2, 0.25) is 0 Å². The summed E-state index contributed by atoms with van der Waals surface area (Å²) < 4.78 is 5.54. The lowest BCUT2D eigenvalue weighted by atomic mass is 9.83. The zero-order valence-corrected chi connectivity index (χ0v) is 11.3. The lowest BCUT2D eigenvalue weighted by Crippen LogP contribution is -2.31. The molecule has 3 nitrogen and oxygen atoms in total. The van der Waals surface area contributed by atoms with Crippen LogP contribution >= 0.6 is 0 Å². The van der Waals surface area contributed by atoms with Crippen LogP contribution < -0.4 is 0 Å². The fraction of sp³-hybridized carbons (Fsp3) is 0.933. The summed E-state index contributed by atoms with van der Waals surface area (Å²) in [5, 5.41) is 10.1. The predicted octanol–water partition coefficient (Wildman–Crippen LogP) is 2.85. The SMILES string of the molecule is O=C(CCCC1CCCO1)C(O)C1CCCCC1. The molecule has 1 N–H and O–H groups in total. The summed E-state index contributed by atoms with van der Waals surface area (Å²) in [5.41, 5.74) is 0. The molecule has 3 heteroatoms. The molecule has 0 aromatic heterocycles. The first-order valence-electron chi connectivity index (χ1n) is 7.60. The van der Waals surface area contributed by atoms with Gasteiger partial charge in [0.15, 0.2) is 5.78 Å². The second kappa shape index (κ2) is 7.25. The Balaban J connectivity index is 1.63. The quantitative estimate of drug-likeness (QED) is 0.793. The number of aliphatic hydroxyl groups excluding tert-OH is 1. The summed E-state index contributed by atoms with van der Waals surface area (Å²) in [7, 11) is 0. The lowest BCUT2D eigenvalue weighted by molar-refractivity contribution is -0.130. The molecular formula is C15H26O3. The molecule has 2 rings (SSSR count). The summed E-state index contributed by atoms with van der Waals surface area (Å²) >= 11 is 0. The van der Waals surface area contributed by atoms with Gasteiger partial charge in [0.2, 0.25) is 0 Å². The minimum atomic E-state index is -0.699. The van der Waals surface area contributed by atoms with E-state index in [0.717, 1.165) is 45.1 Å². The van der Waals surface area contributed by atoms with Crippen molar-refractivity contribution in [2.24, 2.45) is 5.92 Å². The third kappa shape index (κ3) is 4.06. The standard InChI is InChI=1S/C15H26O3/c16-14(10-4-8-13-9-5-11-18-13)15(17)12-6-2-1-3-7-12/h12-13,15,17H,1-11H2. The third-order valence-electron chi connectivity index (χ3n) is 4.40. The number of rotatable bonds is 6. The largest absolute Gasteiger partial charge is 0.385 e. The van der Waals surface area contributed by atoms with Crippen molar-refractivity contribution in [2.75, 3.05) is 6.61 Å². The minimum Gasteiger partial charge on any atom is -0.385 e. The monoisotopic (exact) mass is 254 g/mol. The molecule has 0 spiro atoms. The molecule has 2 atom stereocenters. The molecule has 1 heterocycles. The van der Waals surface area contributed by atoms with Crippen molar-refractivity contribution in [3.8, 4) is 0 Å². The van der Waals surface area contributed by atoms with Gasteiger partial charge in [-0.05, 0) is 44.4 Å². The van der Waals surface area contributed by atoms with Crippen molar-refractivity contribution < 1.29 is 14.6 Å². The number of hydrogen-bond donors (Lipinski definition) is 1. The first kappa shape index (κ1) is 14.0. The highest BCUT2D eigenvalue weighted by Crippen LogP contribution is 2.27. The Kier molecular flexibility index (Phi) is 5.64. The lowest BCUT2D eigenvalue weighted by Gasteiger charge is -2.25. The predicted molar refractivity (Wildman–Crippen MR) is 70.4 cm³/mol. The highest BCUT2D eigenvalue weighted by molar-refractivity contribution is 5.83. The Morgan fingerprint density at radius 1 is 1.17 bits per heavy atom. The van der Waals surface area contributed by atoms with Gasteiger partial charge >= 0.3 is 0 Å². The van der Waals surface area contributed by atoms with E-state index in [1.54, 1.807) is 0 Å². The number of carbonyl (C=O) groups is 1. The van der Waals surface area contributed by atoms with E-state index in [4.69, 9.17) is 4.74 Å². The van der Waals surface area contributed by atoms with Crippen LogP contribution in [0.15, 0.2) is 0 Å². The summed E-state index contributed by atoms with van der Waals surface area (Å²) in [4.78, 5) is 11.9. The summed E-state index contributed by atoms with van der Waals surface area (Å²) in [6.07, 6.45) is 9.99. The van der Waals surface area contributed by atoms with E-state index in [1.807, 2.05) is 0 Å². The zero-order chi connectivity index (χ0) is 12.8. The number of ketones is 1. The molecule has 0 bridgehead atoms. The molecule has 0 aromatic rings. The normalized spacial score (nSPS) is 27.3. The van der Waals surface area contributed by atoms with Crippen LogP contribution in [0, 0.1) is 5.92 Å². The van der Waals surface area contributed by atoms with Crippen LogP contribution in [-0.2, 0) is 9.53 Å². The van der Waals surface area contributed by atoms with Gasteiger partial charge in [-0.1, -0.05) is 19.3 Å². The molecule has 18 heavy (non-hydrogen) atoms. The van der Waals surface area contributed by atoms with Crippen molar-refractivity contribution in [3.63, 3.8) is 0 Å². The maximum Gasteiger partial charge on any atom is 0.161 e. The smallest absolute Gasteiger partial charge is 0.161 e. The van der Waals surface area contributed by atoms with Crippen molar-refractivity contribution >= 4 is 5.78 Å². The number of Topliss-reactive ketones (excluding diaryl/α,β-unsaturated/α-hetero) is 1. The molecular weight excluding hydrogens is 228 g/mol. The van der Waals surface area contributed by atoms with Gasteiger partial charge in [-0.2, -0.15) is 0 Å². The van der Waals surface area contributed by atoms with E-state index in [2.05, 4.69) is 0 Å². The van der Waals surface area contributed by atoms with Gasteiger partial charge < -0.3 is 9.84 Å². The maximum absolute atomic E-state index is 11.9. The van der Waals surface area contributed by atoms with Crippen LogP contribution in [0.3, 0.4) is 0 Å². The third-order valence-corrected chi connectivity index (χ3v) is 4.40. The molecule has 2 unspecified atom stereocenters. The van der Waals surface area contributed by atoms with E-state index in [9.17, 15) is 9.90 Å². The number of hydrogen-bond acceptors (Lipinski definition) is 3. The molecule has 0 radical (unpaired) electrons. The Hall–Kier alpha value is -0.410. The van der Waals surface area contributed by atoms with E-state index in [1.165, 1.54) is 19.3 Å². The molecule has 1 saturated carbocycles. The van der Waals surface area contributed by atoms with Crippen molar-refractivity contribution in [2.45, 2.75) is 76.4 Å². The van der Waals surface area contributed by atoms with Crippen LogP contribution in [0.5, 0.6) is 0 Å². The Labute approximate surface area is 110 Å². The molecule has 1 saturated heterocycles. The van der Waals surface area contributed by atoms with Crippen LogP contribution in [0.1, 0.15) is 64.2 Å². The molecule has 1 aliphatic carbocycles. The summed E-state index contributed by atoms with van der Waals surface area (Å²) in [6, 6.07) is 0. The van der Waals surface area contributed by atoms with Gasteiger partial charge in [-0.15, -0.1) is 0 Å². The van der Waals surface area contributed by atoms with E-state index in [0.29, 0.717) is 12.5 Å². The van der Waals surface area contributed by atoms with Gasteiger partial charge in [0.1, 0.15) is 6.10 Å². The molecule has 1 aliphatic heterocycles. The Morgan fingerprint density at radius 3 is 2.61 bits per heavy atom. The average molecular weight is 254 g/mol. The molecule has 2 aliphatic rings. The topological polar surface area (TPSA) is 46.5 Å². The van der Waals surface area contributed by atoms with E-state index in [-0.39, 0.29) is 11.7 Å². The second-order valence-electron chi connectivity index (χ2n) is 5.84. The van der Waals surface area contributed by atoms with Crippen LogP contribution in [0.25, 0.3) is 0 Å². The van der Waals surface area contributed by atoms with Gasteiger partial charge in [-0.25, -0.2) is 0 Å². The van der Waals surface area contributed by atoms with Gasteiger partial charge in [0.05, 0.1) is 6.10 Å². The number of carbonyl (C=O) groups excluding carboxylic acids is 1. The molecule has 2 fully saturated rings. The van der Waals surface area contributed by atoms with Crippen LogP contribution in [0.4, 0.5) is 0 Å². The first-order valence-corrected chi connectivity index (χ1v) is 7.60. The maximum atomic E-state index is 11.9. The van der Waals surface area contributed by atoms with Crippen molar-refractivity contribution in [3.05, 3.63) is 0 Å². The van der Waals surface area contributed by atoms with Crippen molar-refractivity contribution in [1.29, 1.82) is 0 Å². The highest BCUT2D eigenvalue weighted by Gasteiger charge is 2.27. The highest BCUT2D eigenvalue weighted by atomic mass is 16.5. The zero-order valence-electron chi connectivity index (χ0n) is 11.3.